The van der Waals surface area contributed by atoms with E-state index in [0.29, 0.717) is 40.5 Å². The summed E-state index contributed by atoms with van der Waals surface area (Å²) in [6, 6.07) is 17.1. The number of ether oxygens (including phenoxy) is 3. The minimum Gasteiger partial charge on any atom is -0.493 e. The van der Waals surface area contributed by atoms with E-state index in [-0.39, 0.29) is 0 Å². The summed E-state index contributed by atoms with van der Waals surface area (Å²) in [6.07, 6.45) is 3.16. The van der Waals surface area contributed by atoms with E-state index in [9.17, 15) is 0 Å². The van der Waals surface area contributed by atoms with Crippen LogP contribution in [0.5, 0.6) is 17.2 Å². The first-order valence-electron chi connectivity index (χ1n) is 9.74. The molecule has 0 aliphatic heterocycles. The Labute approximate surface area is 185 Å². The Hall–Kier alpha value is -4.40. The molecule has 2 N–H and O–H groups in total. The van der Waals surface area contributed by atoms with Crippen molar-refractivity contribution in [2.45, 2.75) is 0 Å². The summed E-state index contributed by atoms with van der Waals surface area (Å²) in [7, 11) is 4.68. The third kappa shape index (κ3) is 4.67. The van der Waals surface area contributed by atoms with Crippen LogP contribution in [0.15, 0.2) is 67.1 Å². The van der Waals surface area contributed by atoms with Gasteiger partial charge in [0, 0.05) is 35.3 Å². The van der Waals surface area contributed by atoms with Crippen LogP contribution in [-0.4, -0.2) is 41.3 Å². The first-order chi connectivity index (χ1) is 15.7. The van der Waals surface area contributed by atoms with Gasteiger partial charge in [0.1, 0.15) is 12.1 Å². The average Bonchev–Trinajstić information content (AvgIpc) is 2.84. The van der Waals surface area contributed by atoms with E-state index in [1.807, 2.05) is 42.5 Å². The molecule has 0 atom stereocenters. The number of pyridine rings is 1. The van der Waals surface area contributed by atoms with Gasteiger partial charge in [0.15, 0.2) is 17.3 Å². The maximum Gasteiger partial charge on any atom is 0.230 e. The first-order valence-corrected chi connectivity index (χ1v) is 9.74. The molecule has 2 aromatic carbocycles. The minimum atomic E-state index is 0.374. The SMILES string of the molecule is COc1cc(Nc2ncnc(-c3ccnc(Nc4ccccc4)c3)n2)cc(OC)c1OC. The summed E-state index contributed by atoms with van der Waals surface area (Å²) in [5.41, 5.74) is 2.42. The summed E-state index contributed by atoms with van der Waals surface area (Å²) in [5.74, 6) is 3.12. The number of para-hydroxylation sites is 1. The fourth-order valence-corrected chi connectivity index (χ4v) is 3.09. The number of nitrogens with one attached hydrogen (secondary N) is 2. The van der Waals surface area contributed by atoms with Crippen LogP contribution in [0.3, 0.4) is 0 Å². The van der Waals surface area contributed by atoms with Crippen molar-refractivity contribution in [2.24, 2.45) is 0 Å². The predicted octanol–water partition coefficient (Wildman–Crippen LogP) is 4.45. The van der Waals surface area contributed by atoms with Gasteiger partial charge in [-0.2, -0.15) is 4.98 Å². The Morgan fingerprint density at radius 1 is 0.719 bits per heavy atom. The highest BCUT2D eigenvalue weighted by molar-refractivity contribution is 5.67. The molecular formula is C23H22N6O3. The van der Waals surface area contributed by atoms with Crippen LogP contribution in [0.2, 0.25) is 0 Å². The van der Waals surface area contributed by atoms with Crippen molar-refractivity contribution in [1.82, 2.24) is 19.9 Å². The van der Waals surface area contributed by atoms with Crippen molar-refractivity contribution in [3.05, 3.63) is 67.1 Å². The van der Waals surface area contributed by atoms with Crippen LogP contribution in [0.4, 0.5) is 23.1 Å². The molecule has 0 fully saturated rings. The molecule has 32 heavy (non-hydrogen) atoms. The van der Waals surface area contributed by atoms with Crippen LogP contribution < -0.4 is 24.8 Å². The molecular weight excluding hydrogens is 408 g/mol. The molecule has 0 spiro atoms. The number of nitrogens with zero attached hydrogens (tertiary/aromatic N) is 4. The number of hydrogen-bond acceptors (Lipinski definition) is 9. The molecule has 162 valence electrons. The van der Waals surface area contributed by atoms with E-state index in [1.54, 1.807) is 39.7 Å². The van der Waals surface area contributed by atoms with Crippen LogP contribution in [0.25, 0.3) is 11.4 Å². The zero-order chi connectivity index (χ0) is 22.3. The van der Waals surface area contributed by atoms with Crippen molar-refractivity contribution in [1.29, 1.82) is 0 Å². The molecule has 2 heterocycles. The van der Waals surface area contributed by atoms with Crippen LogP contribution in [-0.2, 0) is 0 Å². The molecule has 0 amide bonds. The topological polar surface area (TPSA) is 103 Å². The van der Waals surface area contributed by atoms with Gasteiger partial charge in [0.25, 0.3) is 0 Å². The summed E-state index contributed by atoms with van der Waals surface area (Å²) >= 11 is 0. The fourth-order valence-electron chi connectivity index (χ4n) is 3.09. The summed E-state index contributed by atoms with van der Waals surface area (Å²) in [5, 5.41) is 6.43. The molecule has 0 aliphatic carbocycles. The van der Waals surface area contributed by atoms with Gasteiger partial charge in [0.05, 0.1) is 21.3 Å². The highest BCUT2D eigenvalue weighted by Crippen LogP contribution is 2.40. The Morgan fingerprint density at radius 3 is 2.16 bits per heavy atom. The molecule has 9 heteroatoms. The molecule has 0 saturated carbocycles. The quantitative estimate of drug-likeness (QED) is 0.420. The normalized spacial score (nSPS) is 10.3. The van der Waals surface area contributed by atoms with Gasteiger partial charge in [-0.3, -0.25) is 0 Å². The maximum atomic E-state index is 5.40. The molecule has 0 saturated heterocycles. The lowest BCUT2D eigenvalue weighted by molar-refractivity contribution is 0.324. The van der Waals surface area contributed by atoms with E-state index in [2.05, 4.69) is 30.6 Å². The Morgan fingerprint density at radius 2 is 1.47 bits per heavy atom. The van der Waals surface area contributed by atoms with E-state index >= 15 is 0 Å². The molecule has 2 aromatic heterocycles. The fraction of sp³-hybridized carbons (Fsp3) is 0.130. The van der Waals surface area contributed by atoms with Gasteiger partial charge >= 0.3 is 0 Å². The van der Waals surface area contributed by atoms with Gasteiger partial charge in [-0.1, -0.05) is 18.2 Å². The maximum absolute atomic E-state index is 5.40. The van der Waals surface area contributed by atoms with E-state index in [1.165, 1.54) is 6.33 Å². The second-order valence-corrected chi connectivity index (χ2v) is 6.59. The number of rotatable bonds is 8. The minimum absolute atomic E-state index is 0.374. The second-order valence-electron chi connectivity index (χ2n) is 6.59. The van der Waals surface area contributed by atoms with Gasteiger partial charge in [-0.05, 0) is 24.3 Å². The van der Waals surface area contributed by atoms with E-state index in [0.717, 1.165) is 11.3 Å². The molecule has 0 unspecified atom stereocenters. The smallest absolute Gasteiger partial charge is 0.230 e. The number of anilines is 4. The van der Waals surface area contributed by atoms with Crippen molar-refractivity contribution >= 4 is 23.1 Å². The number of aromatic nitrogens is 4. The number of hydrogen-bond donors (Lipinski definition) is 2. The van der Waals surface area contributed by atoms with Crippen LogP contribution in [0.1, 0.15) is 0 Å². The van der Waals surface area contributed by atoms with Crippen molar-refractivity contribution in [3.63, 3.8) is 0 Å². The molecule has 9 nitrogen and oxygen atoms in total. The molecule has 0 aliphatic rings. The summed E-state index contributed by atoms with van der Waals surface area (Å²) in [6.45, 7) is 0. The molecule has 0 bridgehead atoms. The summed E-state index contributed by atoms with van der Waals surface area (Å²) in [4.78, 5) is 17.4. The molecule has 4 rings (SSSR count). The standard InChI is InChI=1S/C23H22N6O3/c1-30-18-12-17(13-19(31-2)21(18)32-3)28-23-26-14-25-22(29-23)15-9-10-24-20(11-15)27-16-7-5-4-6-8-16/h4-14H,1-3H3,(H,24,27)(H,25,26,28,29). The van der Waals surface area contributed by atoms with Gasteiger partial charge in [-0.25, -0.2) is 15.0 Å². The average molecular weight is 430 g/mol. The lowest BCUT2D eigenvalue weighted by Gasteiger charge is -2.14. The van der Waals surface area contributed by atoms with E-state index in [4.69, 9.17) is 14.2 Å². The van der Waals surface area contributed by atoms with Gasteiger partial charge < -0.3 is 24.8 Å². The van der Waals surface area contributed by atoms with Crippen molar-refractivity contribution < 1.29 is 14.2 Å². The Kier molecular flexibility index (Phi) is 6.26. The van der Waals surface area contributed by atoms with Crippen LogP contribution >= 0.6 is 0 Å². The highest BCUT2D eigenvalue weighted by atomic mass is 16.5. The van der Waals surface area contributed by atoms with Gasteiger partial charge in [0.2, 0.25) is 11.7 Å². The van der Waals surface area contributed by atoms with Crippen molar-refractivity contribution in [2.75, 3.05) is 32.0 Å². The first kappa shape index (κ1) is 20.9. The van der Waals surface area contributed by atoms with Crippen molar-refractivity contribution in [3.8, 4) is 28.6 Å². The zero-order valence-electron chi connectivity index (χ0n) is 17.9. The summed E-state index contributed by atoms with van der Waals surface area (Å²) < 4.78 is 16.2. The third-order valence-corrected chi connectivity index (χ3v) is 4.56. The molecule has 4 aromatic rings. The van der Waals surface area contributed by atoms with Gasteiger partial charge in [-0.15, -0.1) is 0 Å². The monoisotopic (exact) mass is 430 g/mol. The zero-order valence-corrected chi connectivity index (χ0v) is 17.9. The highest BCUT2D eigenvalue weighted by Gasteiger charge is 2.14. The third-order valence-electron chi connectivity index (χ3n) is 4.56. The lowest BCUT2D eigenvalue weighted by atomic mass is 10.2. The Bertz CT molecular complexity index is 1180. The van der Waals surface area contributed by atoms with Crippen LogP contribution in [0, 0.1) is 0 Å². The molecule has 0 radical (unpaired) electrons. The Balaban J connectivity index is 1.59. The number of methoxy groups -OCH3 is 3. The predicted molar refractivity (Wildman–Crippen MR) is 122 cm³/mol. The largest absolute Gasteiger partial charge is 0.493 e. The second kappa shape index (κ2) is 9.61. The number of benzene rings is 2. The lowest BCUT2D eigenvalue weighted by Crippen LogP contribution is -2.02. The van der Waals surface area contributed by atoms with E-state index < -0.39 is 0 Å².